The summed E-state index contributed by atoms with van der Waals surface area (Å²) in [6.45, 7) is 2.19. The number of carbonyl (C=O) groups excluding carboxylic acids is 2. The lowest BCUT2D eigenvalue weighted by molar-refractivity contribution is -0.149. The minimum absolute atomic E-state index is 0.120. The molecule has 0 spiro atoms. The van der Waals surface area contributed by atoms with Crippen LogP contribution in [0, 0.1) is 5.92 Å². The molecule has 0 bridgehead atoms. The fourth-order valence-electron chi connectivity index (χ4n) is 3.82. The summed E-state index contributed by atoms with van der Waals surface area (Å²) in [5, 5.41) is 8.93. The van der Waals surface area contributed by atoms with Gasteiger partial charge in [0.2, 0.25) is 11.8 Å². The zero-order valence-electron chi connectivity index (χ0n) is 15.3. The second kappa shape index (κ2) is 7.67. The molecule has 9 heteroatoms. The van der Waals surface area contributed by atoms with Crippen molar-refractivity contribution in [3.63, 3.8) is 0 Å². The quantitative estimate of drug-likeness (QED) is 0.799. The summed E-state index contributed by atoms with van der Waals surface area (Å²) in [4.78, 5) is 39.5. The van der Waals surface area contributed by atoms with Crippen LogP contribution >= 0.6 is 0 Å². The summed E-state index contributed by atoms with van der Waals surface area (Å²) in [5.41, 5.74) is 0.676. The lowest BCUT2D eigenvalue weighted by Gasteiger charge is -2.33. The first-order chi connectivity index (χ1) is 13.5. The van der Waals surface area contributed by atoms with Gasteiger partial charge in [0.25, 0.3) is 0 Å². The number of ether oxygens (including phenoxy) is 3. The Morgan fingerprint density at radius 1 is 1.11 bits per heavy atom. The third-order valence-corrected chi connectivity index (χ3v) is 5.16. The fraction of sp³-hybridized carbons (Fsp3) is 0.526. The van der Waals surface area contributed by atoms with Crippen molar-refractivity contribution < 1.29 is 33.7 Å². The zero-order chi connectivity index (χ0) is 19.7. The van der Waals surface area contributed by atoms with Gasteiger partial charge in [0.1, 0.15) is 13.2 Å². The molecule has 28 heavy (non-hydrogen) atoms. The summed E-state index contributed by atoms with van der Waals surface area (Å²) in [7, 11) is 0. The van der Waals surface area contributed by atoms with E-state index in [1.807, 2.05) is 0 Å². The highest BCUT2D eigenvalue weighted by atomic mass is 16.6. The Balaban J connectivity index is 1.43. The normalized spacial score (nSPS) is 24.4. The number of carboxylic acids is 1. The summed E-state index contributed by atoms with van der Waals surface area (Å²) < 4.78 is 16.5. The minimum Gasteiger partial charge on any atom is -0.486 e. The molecule has 0 saturated carbocycles. The van der Waals surface area contributed by atoms with Crippen LogP contribution in [0.2, 0.25) is 0 Å². The van der Waals surface area contributed by atoms with Gasteiger partial charge >= 0.3 is 5.97 Å². The molecule has 2 amide bonds. The van der Waals surface area contributed by atoms with Crippen molar-refractivity contribution in [2.75, 3.05) is 44.4 Å². The van der Waals surface area contributed by atoms with E-state index < -0.39 is 18.0 Å². The molecule has 9 nitrogen and oxygen atoms in total. The molecule has 3 aliphatic heterocycles. The topological polar surface area (TPSA) is 106 Å². The van der Waals surface area contributed by atoms with Crippen molar-refractivity contribution in [2.45, 2.75) is 18.9 Å². The highest BCUT2D eigenvalue weighted by molar-refractivity contribution is 6.00. The molecular weight excluding hydrogens is 368 g/mol. The van der Waals surface area contributed by atoms with Crippen molar-refractivity contribution >= 4 is 23.5 Å². The molecule has 2 saturated heterocycles. The predicted octanol–water partition coefficient (Wildman–Crippen LogP) is 0.513. The van der Waals surface area contributed by atoms with E-state index in [1.165, 1.54) is 0 Å². The van der Waals surface area contributed by atoms with E-state index in [1.54, 1.807) is 28.0 Å². The average molecular weight is 390 g/mol. The molecule has 1 N–H and O–H groups in total. The highest BCUT2D eigenvalue weighted by Crippen LogP contribution is 2.36. The first-order valence-corrected chi connectivity index (χ1v) is 9.33. The summed E-state index contributed by atoms with van der Waals surface area (Å²) in [5.74, 6) is -0.426. The average Bonchev–Trinajstić information content (AvgIpc) is 3.08. The Hall–Kier alpha value is -2.81. The first-order valence-electron chi connectivity index (χ1n) is 9.33. The van der Waals surface area contributed by atoms with E-state index >= 15 is 0 Å². The van der Waals surface area contributed by atoms with Gasteiger partial charge in [-0.05, 0) is 12.1 Å². The number of hydrogen-bond acceptors (Lipinski definition) is 6. The number of rotatable bonds is 4. The third-order valence-electron chi connectivity index (χ3n) is 5.16. The maximum Gasteiger partial charge on any atom is 0.306 e. The number of amides is 2. The van der Waals surface area contributed by atoms with Crippen molar-refractivity contribution in [1.29, 1.82) is 0 Å². The molecule has 2 fully saturated rings. The smallest absolute Gasteiger partial charge is 0.306 e. The monoisotopic (exact) mass is 390 g/mol. The molecular formula is C19H22N2O7. The van der Waals surface area contributed by atoms with Gasteiger partial charge in [-0.2, -0.15) is 0 Å². The van der Waals surface area contributed by atoms with E-state index in [0.29, 0.717) is 43.6 Å². The highest BCUT2D eigenvalue weighted by Gasteiger charge is 2.39. The molecule has 0 aliphatic carbocycles. The van der Waals surface area contributed by atoms with Gasteiger partial charge in [0, 0.05) is 37.8 Å². The minimum atomic E-state index is -0.958. The van der Waals surface area contributed by atoms with Crippen LogP contribution in [-0.4, -0.2) is 73.3 Å². The Bertz CT molecular complexity index is 796. The van der Waals surface area contributed by atoms with E-state index in [-0.39, 0.29) is 37.7 Å². The van der Waals surface area contributed by atoms with E-state index in [9.17, 15) is 14.4 Å². The third kappa shape index (κ3) is 3.75. The van der Waals surface area contributed by atoms with Crippen LogP contribution in [0.4, 0.5) is 5.69 Å². The number of anilines is 1. The summed E-state index contributed by atoms with van der Waals surface area (Å²) in [6, 6.07) is 5.32. The van der Waals surface area contributed by atoms with Gasteiger partial charge < -0.3 is 29.1 Å². The molecule has 1 aromatic carbocycles. The van der Waals surface area contributed by atoms with Crippen LogP contribution in [0.15, 0.2) is 18.2 Å². The second-order valence-electron chi connectivity index (χ2n) is 7.11. The van der Waals surface area contributed by atoms with Crippen LogP contribution in [-0.2, 0) is 19.1 Å². The van der Waals surface area contributed by atoms with Gasteiger partial charge in [-0.1, -0.05) is 0 Å². The number of nitrogens with zero attached hydrogens (tertiary/aromatic N) is 2. The number of benzene rings is 1. The molecule has 3 heterocycles. The number of carbonyl (C=O) groups is 3. The van der Waals surface area contributed by atoms with Crippen LogP contribution in [0.5, 0.6) is 11.5 Å². The Kier molecular flexibility index (Phi) is 5.08. The maximum atomic E-state index is 12.9. The van der Waals surface area contributed by atoms with Crippen molar-refractivity contribution in [1.82, 2.24) is 4.90 Å². The lowest BCUT2D eigenvalue weighted by Crippen LogP contribution is -2.48. The van der Waals surface area contributed by atoms with E-state index in [0.717, 1.165) is 0 Å². The van der Waals surface area contributed by atoms with Crippen molar-refractivity contribution in [3.8, 4) is 11.5 Å². The summed E-state index contributed by atoms with van der Waals surface area (Å²) in [6.07, 6.45) is -0.522. The van der Waals surface area contributed by atoms with Gasteiger partial charge in [-0.15, -0.1) is 0 Å². The lowest BCUT2D eigenvalue weighted by atomic mass is 10.1. The predicted molar refractivity (Wildman–Crippen MR) is 96.5 cm³/mol. The van der Waals surface area contributed by atoms with Gasteiger partial charge in [0.15, 0.2) is 11.5 Å². The fourth-order valence-corrected chi connectivity index (χ4v) is 3.82. The number of hydrogen-bond donors (Lipinski definition) is 1. The standard InChI is InChI=1S/C19H22N2O7/c22-17-7-12(19(25)20-3-4-26-14(11-20)9-18(23)24)10-21(17)13-1-2-15-16(8-13)28-6-5-27-15/h1-2,8,12,14H,3-7,9-11H2,(H,23,24). The largest absolute Gasteiger partial charge is 0.486 e. The molecule has 150 valence electrons. The van der Waals surface area contributed by atoms with Crippen molar-refractivity contribution in [2.24, 2.45) is 5.92 Å². The molecule has 3 aliphatic rings. The number of carboxylic acid groups (broad SMARTS) is 1. The van der Waals surface area contributed by atoms with Crippen LogP contribution in [0.3, 0.4) is 0 Å². The summed E-state index contributed by atoms with van der Waals surface area (Å²) >= 11 is 0. The second-order valence-corrected chi connectivity index (χ2v) is 7.11. The molecule has 4 rings (SSSR count). The Labute approximate surface area is 161 Å². The number of morpholine rings is 1. The molecule has 1 aromatic rings. The molecule has 2 atom stereocenters. The molecule has 0 aromatic heterocycles. The number of fused-ring (bicyclic) bond motifs is 1. The number of aliphatic carboxylic acids is 1. The van der Waals surface area contributed by atoms with Gasteiger partial charge in [-0.25, -0.2) is 0 Å². The zero-order valence-corrected chi connectivity index (χ0v) is 15.3. The van der Waals surface area contributed by atoms with Crippen LogP contribution in [0.1, 0.15) is 12.8 Å². The first kappa shape index (κ1) is 18.5. The molecule has 0 radical (unpaired) electrons. The van der Waals surface area contributed by atoms with Crippen molar-refractivity contribution in [3.05, 3.63) is 18.2 Å². The maximum absolute atomic E-state index is 12.9. The van der Waals surface area contributed by atoms with E-state index in [2.05, 4.69) is 0 Å². The van der Waals surface area contributed by atoms with E-state index in [4.69, 9.17) is 19.3 Å². The van der Waals surface area contributed by atoms with Gasteiger partial charge in [0.05, 0.1) is 25.0 Å². The van der Waals surface area contributed by atoms with Crippen LogP contribution in [0.25, 0.3) is 0 Å². The Morgan fingerprint density at radius 3 is 2.68 bits per heavy atom. The molecule has 2 unspecified atom stereocenters. The van der Waals surface area contributed by atoms with Gasteiger partial charge in [-0.3, -0.25) is 14.4 Å². The Morgan fingerprint density at radius 2 is 1.89 bits per heavy atom. The SMILES string of the molecule is O=C(O)CC1CN(C(=O)C2CC(=O)N(c3ccc4c(c3)OCCO4)C2)CCO1. The van der Waals surface area contributed by atoms with Crippen LogP contribution < -0.4 is 14.4 Å².